The first-order valence-corrected chi connectivity index (χ1v) is 9.04. The minimum absolute atomic E-state index is 0.0251. The van der Waals surface area contributed by atoms with E-state index in [1.165, 1.54) is 0 Å². The zero-order valence-electron chi connectivity index (χ0n) is 13.9. The summed E-state index contributed by atoms with van der Waals surface area (Å²) in [6.07, 6.45) is 4.69. The fraction of sp³-hybridized carbons (Fsp3) is 0.438. The van der Waals surface area contributed by atoms with Gasteiger partial charge in [0.2, 0.25) is 5.95 Å². The second-order valence-electron chi connectivity index (χ2n) is 6.22. The monoisotopic (exact) mass is 377 g/mol. The molecule has 0 bridgehead atoms. The predicted molar refractivity (Wildman–Crippen MR) is 96.3 cm³/mol. The average molecular weight is 377 g/mol. The van der Waals surface area contributed by atoms with Crippen LogP contribution in [0.25, 0.3) is 6.08 Å². The number of carbonyl (C=O) groups is 3. The largest absolute Gasteiger partial charge is 0.481 e. The topological polar surface area (TPSA) is 139 Å². The number of carboxylic acids is 1. The Balaban J connectivity index is 1.64. The lowest BCUT2D eigenvalue weighted by Gasteiger charge is -2.34. The van der Waals surface area contributed by atoms with Gasteiger partial charge in [0.25, 0.3) is 11.1 Å². The quantitative estimate of drug-likeness (QED) is 0.636. The molecule has 2 fully saturated rings. The number of nitrogens with two attached hydrogens (primary N) is 1. The molecule has 2 saturated heterocycles. The molecule has 0 aliphatic carbocycles. The zero-order chi connectivity index (χ0) is 18.7. The van der Waals surface area contributed by atoms with Gasteiger partial charge in [0.1, 0.15) is 0 Å². The first kappa shape index (κ1) is 18.3. The molecule has 26 heavy (non-hydrogen) atoms. The van der Waals surface area contributed by atoms with E-state index in [0.717, 1.165) is 24.6 Å². The highest BCUT2D eigenvalue weighted by molar-refractivity contribution is 8.18. The number of aromatic nitrogens is 2. The highest BCUT2D eigenvalue weighted by Crippen LogP contribution is 2.26. The van der Waals surface area contributed by atoms with Crippen molar-refractivity contribution in [2.45, 2.75) is 25.3 Å². The predicted octanol–water partition coefficient (Wildman–Crippen LogP) is 0.819. The van der Waals surface area contributed by atoms with E-state index in [-0.39, 0.29) is 18.4 Å². The van der Waals surface area contributed by atoms with Crippen molar-refractivity contribution in [3.05, 3.63) is 22.9 Å². The zero-order valence-corrected chi connectivity index (χ0v) is 14.7. The lowest BCUT2D eigenvalue weighted by Crippen LogP contribution is -2.42. The smallest absolute Gasteiger partial charge is 0.304 e. The molecule has 0 aromatic carbocycles. The van der Waals surface area contributed by atoms with Gasteiger partial charge in [-0.25, -0.2) is 9.97 Å². The highest BCUT2D eigenvalue weighted by Gasteiger charge is 2.27. The number of hydrogen-bond acceptors (Lipinski definition) is 8. The van der Waals surface area contributed by atoms with Crippen LogP contribution >= 0.6 is 11.8 Å². The molecule has 1 aromatic rings. The van der Waals surface area contributed by atoms with Crippen LogP contribution in [0.5, 0.6) is 0 Å². The van der Waals surface area contributed by atoms with Gasteiger partial charge in [-0.3, -0.25) is 19.7 Å². The number of hydrogen-bond donors (Lipinski definition) is 3. The number of piperidine rings is 1. The maximum atomic E-state index is 11.6. The Morgan fingerprint density at radius 2 is 2.19 bits per heavy atom. The number of imide groups is 1. The molecular weight excluding hydrogens is 358 g/mol. The van der Waals surface area contributed by atoms with Crippen molar-refractivity contribution in [3.63, 3.8) is 0 Å². The lowest BCUT2D eigenvalue weighted by atomic mass is 9.88. The van der Waals surface area contributed by atoms with Gasteiger partial charge in [-0.1, -0.05) is 0 Å². The van der Waals surface area contributed by atoms with Crippen molar-refractivity contribution in [2.75, 3.05) is 18.0 Å². The molecule has 3 rings (SSSR count). The summed E-state index contributed by atoms with van der Waals surface area (Å²) in [6, 6.07) is 1.32. The Bertz CT molecular complexity index is 761. The highest BCUT2D eigenvalue weighted by atomic mass is 32.2. The average Bonchev–Trinajstić information content (AvgIpc) is 2.92. The van der Waals surface area contributed by atoms with Crippen LogP contribution in [0.15, 0.2) is 17.2 Å². The van der Waals surface area contributed by atoms with Crippen LogP contribution in [0.1, 0.15) is 25.0 Å². The van der Waals surface area contributed by atoms with Crippen molar-refractivity contribution >= 4 is 40.9 Å². The van der Waals surface area contributed by atoms with E-state index in [4.69, 9.17) is 10.8 Å². The molecule has 10 heteroatoms. The first-order valence-electron chi connectivity index (χ1n) is 8.22. The number of carboxylic acid groups (broad SMARTS) is 1. The van der Waals surface area contributed by atoms with Crippen molar-refractivity contribution < 1.29 is 19.5 Å². The van der Waals surface area contributed by atoms with Crippen LogP contribution in [-0.2, 0) is 9.59 Å². The molecule has 1 aromatic heterocycles. The van der Waals surface area contributed by atoms with Gasteiger partial charge in [-0.05, 0) is 42.7 Å². The number of rotatable bonds is 5. The third-order valence-corrected chi connectivity index (χ3v) is 5.23. The second-order valence-corrected chi connectivity index (χ2v) is 7.23. The first-order chi connectivity index (χ1) is 12.4. The Kier molecular flexibility index (Phi) is 5.52. The number of nitrogens with zero attached hydrogens (tertiary/aromatic N) is 3. The lowest BCUT2D eigenvalue weighted by molar-refractivity contribution is -0.137. The fourth-order valence-corrected chi connectivity index (χ4v) is 3.71. The van der Waals surface area contributed by atoms with E-state index in [1.807, 2.05) is 4.90 Å². The summed E-state index contributed by atoms with van der Waals surface area (Å²) >= 11 is 0.844. The van der Waals surface area contributed by atoms with Crippen molar-refractivity contribution in [3.8, 4) is 0 Å². The van der Waals surface area contributed by atoms with Crippen LogP contribution in [0.4, 0.5) is 10.7 Å². The number of amides is 2. The standard InChI is InChI=1S/C16H19N5O4S/c17-11(8-13(22)23)9-2-5-21(6-3-9)15-18-4-1-10(19-15)7-12-14(24)20-16(25)26-12/h1,4,7,9,11H,2-3,5-6,8,17H2,(H,22,23)(H,20,24,25). The van der Waals surface area contributed by atoms with Crippen LogP contribution in [0.3, 0.4) is 0 Å². The van der Waals surface area contributed by atoms with Gasteiger partial charge in [-0.15, -0.1) is 0 Å². The van der Waals surface area contributed by atoms with E-state index >= 15 is 0 Å². The molecule has 3 heterocycles. The number of nitrogens with one attached hydrogen (secondary N) is 1. The van der Waals surface area contributed by atoms with E-state index in [0.29, 0.717) is 29.6 Å². The maximum Gasteiger partial charge on any atom is 0.304 e. The number of carbonyl (C=O) groups excluding carboxylic acids is 2. The van der Waals surface area contributed by atoms with Gasteiger partial charge in [-0.2, -0.15) is 0 Å². The van der Waals surface area contributed by atoms with Gasteiger partial charge in [0, 0.05) is 25.3 Å². The van der Waals surface area contributed by atoms with Gasteiger partial charge in [0.15, 0.2) is 0 Å². The van der Waals surface area contributed by atoms with Gasteiger partial charge >= 0.3 is 5.97 Å². The molecule has 0 saturated carbocycles. The Morgan fingerprint density at radius 3 is 2.81 bits per heavy atom. The number of aliphatic carboxylic acids is 1. The van der Waals surface area contributed by atoms with Crippen LogP contribution in [0, 0.1) is 5.92 Å². The molecule has 2 aliphatic heterocycles. The summed E-state index contributed by atoms with van der Waals surface area (Å²) in [4.78, 5) is 44.7. The molecule has 1 atom stereocenters. The van der Waals surface area contributed by atoms with E-state index < -0.39 is 17.1 Å². The summed E-state index contributed by atoms with van der Waals surface area (Å²) < 4.78 is 0. The van der Waals surface area contributed by atoms with E-state index in [9.17, 15) is 14.4 Å². The number of anilines is 1. The molecule has 0 spiro atoms. The summed E-state index contributed by atoms with van der Waals surface area (Å²) in [5.74, 6) is -0.596. The Labute approximate surface area is 154 Å². The summed E-state index contributed by atoms with van der Waals surface area (Å²) in [5.41, 5.74) is 6.52. The molecular formula is C16H19N5O4S. The van der Waals surface area contributed by atoms with E-state index in [2.05, 4.69) is 15.3 Å². The minimum atomic E-state index is -0.878. The fourth-order valence-electron chi connectivity index (χ4n) is 3.05. The third kappa shape index (κ3) is 4.38. The van der Waals surface area contributed by atoms with Gasteiger partial charge < -0.3 is 15.7 Å². The van der Waals surface area contributed by atoms with E-state index in [1.54, 1.807) is 18.3 Å². The molecule has 138 valence electrons. The summed E-state index contributed by atoms with van der Waals surface area (Å²) in [6.45, 7) is 1.37. The minimum Gasteiger partial charge on any atom is -0.481 e. The molecule has 2 amide bonds. The maximum absolute atomic E-state index is 11.6. The normalized spacial score (nSPS) is 21.1. The summed E-state index contributed by atoms with van der Waals surface area (Å²) in [5, 5.41) is 10.7. The van der Waals surface area contributed by atoms with Crippen molar-refractivity contribution in [2.24, 2.45) is 11.7 Å². The third-order valence-electron chi connectivity index (χ3n) is 4.42. The molecule has 9 nitrogen and oxygen atoms in total. The SMILES string of the molecule is NC(CC(=O)O)C1CCN(c2nccc(C=C3SC(=O)NC3=O)n2)CC1. The molecule has 0 radical (unpaired) electrons. The van der Waals surface area contributed by atoms with Crippen LogP contribution in [-0.4, -0.2) is 51.3 Å². The molecule has 2 aliphatic rings. The summed E-state index contributed by atoms with van der Waals surface area (Å²) in [7, 11) is 0. The molecule has 1 unspecified atom stereocenters. The van der Waals surface area contributed by atoms with Crippen LogP contribution in [0.2, 0.25) is 0 Å². The number of thioether (sulfide) groups is 1. The van der Waals surface area contributed by atoms with Crippen molar-refractivity contribution in [1.82, 2.24) is 15.3 Å². The second kappa shape index (κ2) is 7.83. The Hall–Kier alpha value is -2.46. The van der Waals surface area contributed by atoms with Crippen LogP contribution < -0.4 is 16.0 Å². The van der Waals surface area contributed by atoms with Crippen molar-refractivity contribution in [1.29, 1.82) is 0 Å². The molecule has 4 N–H and O–H groups in total. The Morgan fingerprint density at radius 1 is 1.46 bits per heavy atom. The van der Waals surface area contributed by atoms with Gasteiger partial charge in [0.05, 0.1) is 17.0 Å².